The van der Waals surface area contributed by atoms with Gasteiger partial charge >= 0.3 is 0 Å². The van der Waals surface area contributed by atoms with E-state index in [0.29, 0.717) is 5.91 Å². The predicted octanol–water partition coefficient (Wildman–Crippen LogP) is 6.04. The molecule has 0 atom stereocenters. The smallest absolute Gasteiger partial charge is 0.225 e. The number of nitrogens with zero attached hydrogens (tertiary/aromatic N) is 4. The summed E-state index contributed by atoms with van der Waals surface area (Å²) in [5, 5.41) is 0. The van der Waals surface area contributed by atoms with Crippen LogP contribution >= 0.6 is 15.9 Å². The number of amides is 1. The molecule has 33 heavy (non-hydrogen) atoms. The van der Waals surface area contributed by atoms with E-state index < -0.39 is 0 Å². The first-order valence-corrected chi connectivity index (χ1v) is 13.1. The van der Waals surface area contributed by atoms with E-state index in [0.717, 1.165) is 91.8 Å². The number of hydrogen-bond acceptors (Lipinski definition) is 3. The fourth-order valence-electron chi connectivity index (χ4n) is 4.81. The second-order valence-electron chi connectivity index (χ2n) is 9.06. The predicted molar refractivity (Wildman–Crippen MR) is 139 cm³/mol. The second-order valence-corrected chi connectivity index (χ2v) is 9.97. The first-order valence-electron chi connectivity index (χ1n) is 12.3. The van der Waals surface area contributed by atoms with Crippen molar-refractivity contribution >= 4 is 32.9 Å². The Kier molecular flexibility index (Phi) is 8.20. The largest absolute Gasteiger partial charge is 0.342 e. The summed E-state index contributed by atoms with van der Waals surface area (Å²) in [6.07, 6.45) is 5.12. The van der Waals surface area contributed by atoms with Gasteiger partial charge in [-0.2, -0.15) is 0 Å². The molecule has 1 aliphatic rings. The average Bonchev–Trinajstić information content (AvgIpc) is 3.20. The van der Waals surface area contributed by atoms with E-state index >= 15 is 0 Å². The number of imidazole rings is 1. The van der Waals surface area contributed by atoms with Crippen LogP contribution < -0.4 is 0 Å². The van der Waals surface area contributed by atoms with Gasteiger partial charge in [-0.15, -0.1) is 0 Å². The van der Waals surface area contributed by atoms with E-state index in [1.54, 1.807) is 0 Å². The number of fused-ring (bicyclic) bond motifs is 1. The van der Waals surface area contributed by atoms with Crippen molar-refractivity contribution in [3.63, 3.8) is 0 Å². The molecule has 0 radical (unpaired) electrons. The number of unbranched alkanes of at least 4 members (excludes halogenated alkanes) is 1. The number of likely N-dealkylation sites (tertiary alicyclic amines) is 1. The normalized spacial score (nSPS) is 15.2. The maximum atomic E-state index is 13.1. The molecule has 1 saturated heterocycles. The highest BCUT2D eigenvalue weighted by Gasteiger charge is 2.29. The first kappa shape index (κ1) is 24.0. The fraction of sp³-hybridized carbons (Fsp3) is 0.481. The van der Waals surface area contributed by atoms with Crippen molar-refractivity contribution < 1.29 is 4.79 Å². The lowest BCUT2D eigenvalue weighted by molar-refractivity contribution is -0.137. The third-order valence-electron chi connectivity index (χ3n) is 6.60. The van der Waals surface area contributed by atoms with Crippen LogP contribution in [0.15, 0.2) is 53.0 Å². The standard InChI is InChI=1S/C27H35BrN4O/c1-3-5-17-31(16-4-2)27(33)21-14-18-30(19-15-21)20-26-29-24-8-6-7-9-25(24)32(26)23-12-10-22(28)11-13-23/h6-13,21H,3-5,14-20H2,1-2H3. The van der Waals surface area contributed by atoms with Gasteiger partial charge in [-0.1, -0.05) is 48.3 Å². The highest BCUT2D eigenvalue weighted by molar-refractivity contribution is 9.10. The molecule has 0 spiro atoms. The molecule has 1 aliphatic heterocycles. The first-order chi connectivity index (χ1) is 16.1. The highest BCUT2D eigenvalue weighted by Crippen LogP contribution is 2.26. The molecule has 6 heteroatoms. The van der Waals surface area contributed by atoms with Gasteiger partial charge in [-0.25, -0.2) is 4.98 Å². The van der Waals surface area contributed by atoms with Gasteiger partial charge in [0.05, 0.1) is 17.6 Å². The van der Waals surface area contributed by atoms with E-state index in [1.807, 2.05) is 6.07 Å². The fourth-order valence-corrected chi connectivity index (χ4v) is 5.07. The molecule has 5 nitrogen and oxygen atoms in total. The van der Waals surface area contributed by atoms with Gasteiger partial charge < -0.3 is 4.90 Å². The number of rotatable bonds is 9. The molecule has 1 fully saturated rings. The summed E-state index contributed by atoms with van der Waals surface area (Å²) in [7, 11) is 0. The van der Waals surface area contributed by atoms with Gasteiger partial charge in [-0.05, 0) is 75.2 Å². The van der Waals surface area contributed by atoms with Crippen LogP contribution in [-0.4, -0.2) is 51.4 Å². The number of benzene rings is 2. The SMILES string of the molecule is CCCCN(CCC)C(=O)C1CCN(Cc2nc3ccccc3n2-c2ccc(Br)cc2)CC1. The van der Waals surface area contributed by atoms with Crippen LogP contribution in [0, 0.1) is 5.92 Å². The lowest BCUT2D eigenvalue weighted by atomic mass is 9.95. The minimum absolute atomic E-state index is 0.162. The van der Waals surface area contributed by atoms with E-state index in [-0.39, 0.29) is 5.92 Å². The topological polar surface area (TPSA) is 41.4 Å². The van der Waals surface area contributed by atoms with Crippen molar-refractivity contribution in [1.29, 1.82) is 0 Å². The summed E-state index contributed by atoms with van der Waals surface area (Å²) in [5.41, 5.74) is 3.27. The quantitative estimate of drug-likeness (QED) is 0.352. The van der Waals surface area contributed by atoms with E-state index in [2.05, 4.69) is 86.6 Å². The monoisotopic (exact) mass is 510 g/mol. The third kappa shape index (κ3) is 5.67. The zero-order chi connectivity index (χ0) is 23.2. The Morgan fingerprint density at radius 2 is 1.76 bits per heavy atom. The summed E-state index contributed by atoms with van der Waals surface area (Å²) < 4.78 is 3.34. The number of piperidine rings is 1. The molecule has 3 aromatic rings. The van der Waals surface area contributed by atoms with Crippen molar-refractivity contribution in [2.75, 3.05) is 26.2 Å². The lowest BCUT2D eigenvalue weighted by Crippen LogP contribution is -2.43. The number of carbonyl (C=O) groups excluding carboxylic acids is 1. The number of hydrogen-bond donors (Lipinski definition) is 0. The Hall–Kier alpha value is -2.18. The molecule has 0 bridgehead atoms. The van der Waals surface area contributed by atoms with Crippen LogP contribution in [0.1, 0.15) is 51.8 Å². The summed E-state index contributed by atoms with van der Waals surface area (Å²) in [4.78, 5) is 22.7. The summed E-state index contributed by atoms with van der Waals surface area (Å²) in [6, 6.07) is 16.7. The molecule has 0 saturated carbocycles. The maximum absolute atomic E-state index is 13.1. The van der Waals surface area contributed by atoms with Crippen LogP contribution in [0.2, 0.25) is 0 Å². The minimum Gasteiger partial charge on any atom is -0.342 e. The summed E-state index contributed by atoms with van der Waals surface area (Å²) in [6.45, 7) is 8.81. The van der Waals surface area contributed by atoms with Crippen molar-refractivity contribution in [3.8, 4) is 5.69 Å². The Labute approximate surface area is 205 Å². The van der Waals surface area contributed by atoms with Crippen LogP contribution in [0.3, 0.4) is 0 Å². The number of halogens is 1. The van der Waals surface area contributed by atoms with E-state index in [4.69, 9.17) is 4.98 Å². The van der Waals surface area contributed by atoms with Gasteiger partial charge in [0.1, 0.15) is 5.82 Å². The van der Waals surface area contributed by atoms with Crippen LogP contribution in [-0.2, 0) is 11.3 Å². The zero-order valence-corrected chi connectivity index (χ0v) is 21.4. The Bertz CT molecular complexity index is 1050. The molecule has 4 rings (SSSR count). The van der Waals surface area contributed by atoms with Gasteiger partial charge in [0.2, 0.25) is 5.91 Å². The number of para-hydroxylation sites is 2. The van der Waals surface area contributed by atoms with Gasteiger partial charge in [0.25, 0.3) is 0 Å². The zero-order valence-electron chi connectivity index (χ0n) is 19.8. The van der Waals surface area contributed by atoms with E-state index in [1.165, 1.54) is 0 Å². The van der Waals surface area contributed by atoms with Crippen molar-refractivity contribution in [2.24, 2.45) is 5.92 Å². The summed E-state index contributed by atoms with van der Waals surface area (Å²) in [5.74, 6) is 1.58. The van der Waals surface area contributed by atoms with Gasteiger partial charge in [0.15, 0.2) is 0 Å². The molecule has 0 aliphatic carbocycles. The Morgan fingerprint density at radius 1 is 1.03 bits per heavy atom. The second kappa shape index (κ2) is 11.3. The molecule has 1 aromatic heterocycles. The molecular weight excluding hydrogens is 476 g/mol. The minimum atomic E-state index is 0.162. The van der Waals surface area contributed by atoms with Gasteiger partial charge in [0, 0.05) is 29.2 Å². The number of carbonyl (C=O) groups is 1. The van der Waals surface area contributed by atoms with Gasteiger partial charge in [-0.3, -0.25) is 14.3 Å². The lowest BCUT2D eigenvalue weighted by Gasteiger charge is -2.34. The summed E-state index contributed by atoms with van der Waals surface area (Å²) >= 11 is 3.54. The molecule has 2 heterocycles. The van der Waals surface area contributed by atoms with Crippen molar-refractivity contribution in [2.45, 2.75) is 52.5 Å². The molecule has 1 amide bonds. The molecule has 0 unspecified atom stereocenters. The van der Waals surface area contributed by atoms with Crippen LogP contribution in [0.5, 0.6) is 0 Å². The van der Waals surface area contributed by atoms with Crippen LogP contribution in [0.4, 0.5) is 0 Å². The Morgan fingerprint density at radius 3 is 2.45 bits per heavy atom. The van der Waals surface area contributed by atoms with E-state index in [9.17, 15) is 4.79 Å². The molecule has 176 valence electrons. The highest BCUT2D eigenvalue weighted by atomic mass is 79.9. The molecule has 2 aromatic carbocycles. The van der Waals surface area contributed by atoms with Crippen molar-refractivity contribution in [3.05, 3.63) is 58.8 Å². The number of aromatic nitrogens is 2. The van der Waals surface area contributed by atoms with Crippen LogP contribution in [0.25, 0.3) is 16.7 Å². The molecular formula is C27H35BrN4O. The average molecular weight is 512 g/mol. The molecule has 0 N–H and O–H groups in total. The maximum Gasteiger partial charge on any atom is 0.225 e. The third-order valence-corrected chi connectivity index (χ3v) is 7.13. The Balaban J connectivity index is 1.46. The van der Waals surface area contributed by atoms with Crippen molar-refractivity contribution in [1.82, 2.24) is 19.4 Å².